The van der Waals surface area contributed by atoms with Crippen LogP contribution in [0.2, 0.25) is 5.02 Å². The molecule has 0 radical (unpaired) electrons. The molecule has 1 amide bonds. The topological polar surface area (TPSA) is 89.8 Å². The highest BCUT2D eigenvalue weighted by molar-refractivity contribution is 6.30. The van der Waals surface area contributed by atoms with Crippen molar-refractivity contribution in [1.29, 1.82) is 0 Å². The molecule has 0 spiro atoms. The lowest BCUT2D eigenvalue weighted by molar-refractivity contribution is -0.143. The number of allylic oxidation sites excluding steroid dienone is 1. The van der Waals surface area contributed by atoms with Crippen LogP contribution in [0.1, 0.15) is 67.2 Å². The van der Waals surface area contributed by atoms with Gasteiger partial charge in [-0.2, -0.15) is 0 Å². The molecule has 3 heterocycles. The maximum atomic E-state index is 12.9. The fraction of sp³-hybridized carbons (Fsp3) is 0.419. The number of aryl methyl sites for hydroxylation is 1. The second-order valence-corrected chi connectivity index (χ2v) is 11.1. The van der Waals surface area contributed by atoms with Crippen LogP contribution < -0.4 is 0 Å². The van der Waals surface area contributed by atoms with Gasteiger partial charge in [0.15, 0.2) is 0 Å². The number of hydrogen-bond donors (Lipinski definition) is 0. The third-order valence-corrected chi connectivity index (χ3v) is 7.83. The van der Waals surface area contributed by atoms with Crippen molar-refractivity contribution >= 4 is 35.3 Å². The van der Waals surface area contributed by atoms with Gasteiger partial charge in [-0.3, -0.25) is 14.7 Å². The van der Waals surface area contributed by atoms with Gasteiger partial charge in [0.25, 0.3) is 0 Å². The van der Waals surface area contributed by atoms with E-state index >= 15 is 0 Å². The minimum absolute atomic E-state index is 0.155. The van der Waals surface area contributed by atoms with Gasteiger partial charge >= 0.3 is 12.1 Å². The summed E-state index contributed by atoms with van der Waals surface area (Å²) in [5.74, 6) is -0.604. The van der Waals surface area contributed by atoms with Gasteiger partial charge in [0, 0.05) is 62.3 Å². The van der Waals surface area contributed by atoms with Gasteiger partial charge < -0.3 is 18.9 Å². The number of amides is 1. The van der Waals surface area contributed by atoms with E-state index in [4.69, 9.17) is 26.1 Å². The third kappa shape index (κ3) is 6.16. The Morgan fingerprint density at radius 2 is 1.93 bits per heavy atom. The molecule has 10 heteroatoms. The van der Waals surface area contributed by atoms with Gasteiger partial charge in [0.05, 0.1) is 37.2 Å². The summed E-state index contributed by atoms with van der Waals surface area (Å²) in [6.07, 6.45) is 7.19. The lowest BCUT2D eigenvalue weighted by Gasteiger charge is -2.39. The van der Waals surface area contributed by atoms with Crippen LogP contribution in [-0.4, -0.2) is 75.3 Å². The molecule has 1 aromatic carbocycles. The summed E-state index contributed by atoms with van der Waals surface area (Å²) >= 11 is 6.63. The minimum Gasteiger partial charge on any atom is -0.466 e. The zero-order valence-electron chi connectivity index (χ0n) is 23.9. The van der Waals surface area contributed by atoms with E-state index in [1.54, 1.807) is 17.4 Å². The Morgan fingerprint density at radius 1 is 1.15 bits per heavy atom. The van der Waals surface area contributed by atoms with Crippen LogP contribution in [0.15, 0.2) is 49.1 Å². The maximum absolute atomic E-state index is 12.9. The number of hydrogen-bond acceptors (Lipinski definition) is 7. The van der Waals surface area contributed by atoms with E-state index in [0.717, 1.165) is 33.7 Å². The van der Waals surface area contributed by atoms with Crippen molar-refractivity contribution in [2.45, 2.75) is 45.3 Å². The number of halogens is 1. The van der Waals surface area contributed by atoms with Crippen LogP contribution in [0.5, 0.6) is 0 Å². The highest BCUT2D eigenvalue weighted by atomic mass is 35.5. The average Bonchev–Trinajstić information content (AvgIpc) is 3.31. The molecule has 1 aliphatic heterocycles. The van der Waals surface area contributed by atoms with Crippen LogP contribution in [0.3, 0.4) is 0 Å². The summed E-state index contributed by atoms with van der Waals surface area (Å²) in [5.41, 5.74) is 5.75. The monoisotopic (exact) mass is 577 g/mol. The number of rotatable bonds is 7. The van der Waals surface area contributed by atoms with E-state index in [2.05, 4.69) is 28.1 Å². The SMILES string of the molecule is CCOC(=O)C[C@H](C1=Cc2cccnc2[C@@H](N2CCN(C(=O)OC(C)C)CC2)c2ccc(Cl)cc21)c1cncn1C. The predicted octanol–water partition coefficient (Wildman–Crippen LogP) is 5.31. The molecule has 0 bridgehead atoms. The maximum Gasteiger partial charge on any atom is 0.410 e. The number of aromatic nitrogens is 3. The van der Waals surface area contributed by atoms with E-state index in [0.29, 0.717) is 37.8 Å². The summed E-state index contributed by atoms with van der Waals surface area (Å²) < 4.78 is 12.8. The first-order valence-corrected chi connectivity index (χ1v) is 14.4. The molecule has 5 rings (SSSR count). The fourth-order valence-electron chi connectivity index (χ4n) is 5.75. The van der Waals surface area contributed by atoms with Crippen LogP contribution in [0.25, 0.3) is 11.6 Å². The fourth-order valence-corrected chi connectivity index (χ4v) is 5.92. The summed E-state index contributed by atoms with van der Waals surface area (Å²) in [6, 6.07) is 9.75. The van der Waals surface area contributed by atoms with Crippen molar-refractivity contribution < 1.29 is 19.1 Å². The van der Waals surface area contributed by atoms with Crippen LogP contribution in [-0.2, 0) is 21.3 Å². The number of benzene rings is 1. The molecule has 2 aromatic heterocycles. The molecule has 1 aliphatic carbocycles. The quantitative estimate of drug-likeness (QED) is 0.351. The van der Waals surface area contributed by atoms with Crippen molar-refractivity contribution in [3.63, 3.8) is 0 Å². The van der Waals surface area contributed by atoms with Crippen molar-refractivity contribution in [3.8, 4) is 0 Å². The number of piperazine rings is 1. The van der Waals surface area contributed by atoms with Crippen LogP contribution in [0, 0.1) is 0 Å². The zero-order chi connectivity index (χ0) is 29.1. The van der Waals surface area contributed by atoms with E-state index in [1.807, 2.05) is 56.8 Å². The van der Waals surface area contributed by atoms with Crippen molar-refractivity contribution in [3.05, 3.63) is 82.2 Å². The molecule has 0 N–H and O–H groups in total. The van der Waals surface area contributed by atoms with Gasteiger partial charge in [-0.05, 0) is 67.3 Å². The van der Waals surface area contributed by atoms with Crippen molar-refractivity contribution in [2.75, 3.05) is 32.8 Å². The first-order chi connectivity index (χ1) is 19.8. The van der Waals surface area contributed by atoms with Gasteiger partial charge in [-0.15, -0.1) is 0 Å². The molecular formula is C31H36ClN5O4. The lowest BCUT2D eigenvalue weighted by atomic mass is 9.84. The Morgan fingerprint density at radius 3 is 2.61 bits per heavy atom. The smallest absolute Gasteiger partial charge is 0.410 e. The molecule has 0 unspecified atom stereocenters. The molecule has 41 heavy (non-hydrogen) atoms. The van der Waals surface area contributed by atoms with E-state index in [9.17, 15) is 9.59 Å². The number of fused-ring (bicyclic) bond motifs is 2. The predicted molar refractivity (Wildman–Crippen MR) is 157 cm³/mol. The molecule has 3 aromatic rings. The lowest BCUT2D eigenvalue weighted by Crippen LogP contribution is -2.50. The first kappa shape index (κ1) is 28.8. The summed E-state index contributed by atoms with van der Waals surface area (Å²) in [6.45, 7) is 8.24. The second-order valence-electron chi connectivity index (χ2n) is 10.7. The molecule has 2 aliphatic rings. The van der Waals surface area contributed by atoms with Gasteiger partial charge in [0.1, 0.15) is 0 Å². The molecule has 0 saturated carbocycles. The Bertz CT molecular complexity index is 1440. The van der Waals surface area contributed by atoms with Gasteiger partial charge in [0.2, 0.25) is 0 Å². The van der Waals surface area contributed by atoms with Crippen molar-refractivity contribution in [2.24, 2.45) is 7.05 Å². The molecular weight excluding hydrogens is 542 g/mol. The number of imidazole rings is 1. The average molecular weight is 578 g/mol. The largest absolute Gasteiger partial charge is 0.466 e. The normalized spacial score (nSPS) is 17.8. The highest BCUT2D eigenvalue weighted by Gasteiger charge is 2.36. The standard InChI is InChI=1S/C31H36ClN5O4/c1-5-40-28(38)17-26(27-18-33-19-35(27)4)24-15-21-7-6-10-34-29(21)30(23-9-8-22(32)16-25(23)24)36-11-13-37(14-12-36)31(39)41-20(2)3/h6-10,15-16,18-20,26,30H,5,11-14,17H2,1-4H3/t26-,30+/m1/s1. The van der Waals surface area contributed by atoms with E-state index in [1.165, 1.54) is 0 Å². The number of ether oxygens (including phenoxy) is 2. The molecule has 216 valence electrons. The van der Waals surface area contributed by atoms with Gasteiger partial charge in [-0.25, -0.2) is 9.78 Å². The Labute approximate surface area is 245 Å². The number of esters is 1. The van der Waals surface area contributed by atoms with E-state index < -0.39 is 0 Å². The molecule has 2 atom stereocenters. The Hall–Kier alpha value is -3.69. The first-order valence-electron chi connectivity index (χ1n) is 14.0. The summed E-state index contributed by atoms with van der Waals surface area (Å²) in [5, 5.41) is 0.605. The van der Waals surface area contributed by atoms with Crippen LogP contribution in [0.4, 0.5) is 4.79 Å². The Kier molecular flexibility index (Phi) is 8.75. The minimum atomic E-state index is -0.326. The van der Waals surface area contributed by atoms with E-state index in [-0.39, 0.29) is 36.5 Å². The van der Waals surface area contributed by atoms with Crippen LogP contribution >= 0.6 is 11.6 Å². The zero-order valence-corrected chi connectivity index (χ0v) is 24.7. The second kappa shape index (κ2) is 12.4. The summed E-state index contributed by atoms with van der Waals surface area (Å²) in [7, 11) is 1.93. The molecule has 9 nitrogen and oxygen atoms in total. The molecule has 1 saturated heterocycles. The molecule has 1 fully saturated rings. The highest BCUT2D eigenvalue weighted by Crippen LogP contribution is 2.46. The van der Waals surface area contributed by atoms with Gasteiger partial charge in [-0.1, -0.05) is 23.7 Å². The van der Waals surface area contributed by atoms with Crippen molar-refractivity contribution in [1.82, 2.24) is 24.3 Å². The Balaban J connectivity index is 1.59. The number of carbonyl (C=O) groups excluding carboxylic acids is 2. The number of nitrogens with zero attached hydrogens (tertiary/aromatic N) is 5. The number of pyridine rings is 1. The number of carbonyl (C=O) groups is 2. The third-order valence-electron chi connectivity index (χ3n) is 7.60. The summed E-state index contributed by atoms with van der Waals surface area (Å²) in [4.78, 5) is 38.8.